The zero-order valence-corrected chi connectivity index (χ0v) is 14.1. The molecule has 0 spiro atoms. The number of anilines is 1. The smallest absolute Gasteiger partial charge is 0.224 e. The summed E-state index contributed by atoms with van der Waals surface area (Å²) in [5.41, 5.74) is 0.0833. The molecular formula is C18H19ClFNO3. The maximum atomic E-state index is 13.5. The molecule has 0 aliphatic heterocycles. The fourth-order valence-corrected chi connectivity index (χ4v) is 2.20. The molecule has 0 unspecified atom stereocenters. The van der Waals surface area contributed by atoms with Crippen molar-refractivity contribution < 1.29 is 18.7 Å². The number of nitrogens with one attached hydrogen (secondary N) is 1. The van der Waals surface area contributed by atoms with Gasteiger partial charge in [0.25, 0.3) is 0 Å². The van der Waals surface area contributed by atoms with Gasteiger partial charge in [0.2, 0.25) is 5.91 Å². The zero-order chi connectivity index (χ0) is 17.4. The lowest BCUT2D eigenvalue weighted by Gasteiger charge is -2.09. The van der Waals surface area contributed by atoms with Gasteiger partial charge in [-0.3, -0.25) is 4.79 Å². The van der Waals surface area contributed by atoms with E-state index in [1.807, 2.05) is 31.2 Å². The maximum absolute atomic E-state index is 13.5. The number of carbonyl (C=O) groups is 1. The minimum Gasteiger partial charge on any atom is -0.494 e. The first-order valence-corrected chi connectivity index (χ1v) is 8.07. The van der Waals surface area contributed by atoms with E-state index in [-0.39, 0.29) is 18.0 Å². The van der Waals surface area contributed by atoms with Crippen molar-refractivity contribution in [2.45, 2.75) is 19.8 Å². The van der Waals surface area contributed by atoms with Crippen LogP contribution in [0.1, 0.15) is 19.8 Å². The van der Waals surface area contributed by atoms with Crippen LogP contribution >= 0.6 is 11.6 Å². The Labute approximate surface area is 145 Å². The monoisotopic (exact) mass is 351 g/mol. The Kier molecular flexibility index (Phi) is 6.88. The second kappa shape index (κ2) is 9.13. The first-order chi connectivity index (χ1) is 11.6. The molecule has 2 aromatic carbocycles. The molecule has 0 aliphatic rings. The number of benzene rings is 2. The van der Waals surface area contributed by atoms with Crippen LogP contribution in [0.4, 0.5) is 10.1 Å². The third kappa shape index (κ3) is 5.74. The average molecular weight is 352 g/mol. The van der Waals surface area contributed by atoms with Crippen LogP contribution < -0.4 is 14.8 Å². The Morgan fingerprint density at radius 1 is 1.12 bits per heavy atom. The lowest BCUT2D eigenvalue weighted by molar-refractivity contribution is -0.116. The number of rotatable bonds is 8. The van der Waals surface area contributed by atoms with Crippen LogP contribution in [0.5, 0.6) is 11.5 Å². The number of carbonyl (C=O) groups excluding carboxylic acids is 1. The van der Waals surface area contributed by atoms with E-state index in [1.165, 1.54) is 18.2 Å². The van der Waals surface area contributed by atoms with E-state index in [1.54, 1.807) is 0 Å². The normalized spacial score (nSPS) is 10.3. The molecule has 0 aromatic heterocycles. The highest BCUT2D eigenvalue weighted by atomic mass is 35.5. The van der Waals surface area contributed by atoms with Gasteiger partial charge in [-0.25, -0.2) is 4.39 Å². The van der Waals surface area contributed by atoms with Gasteiger partial charge in [-0.05, 0) is 55.8 Å². The zero-order valence-electron chi connectivity index (χ0n) is 13.4. The average Bonchev–Trinajstić information content (AvgIpc) is 2.57. The van der Waals surface area contributed by atoms with Gasteiger partial charge >= 0.3 is 0 Å². The fourth-order valence-electron chi connectivity index (χ4n) is 2.03. The SMILES string of the molecule is CCOc1ccc(OCCCC(=O)Nc2cc(Cl)ccc2F)cc1. The number of hydrogen-bond acceptors (Lipinski definition) is 3. The predicted molar refractivity (Wildman–Crippen MR) is 92.4 cm³/mol. The number of hydrogen-bond donors (Lipinski definition) is 1. The Morgan fingerprint density at radius 3 is 2.46 bits per heavy atom. The highest BCUT2D eigenvalue weighted by Gasteiger charge is 2.07. The molecule has 1 N–H and O–H groups in total. The van der Waals surface area contributed by atoms with E-state index in [0.717, 1.165) is 5.75 Å². The van der Waals surface area contributed by atoms with E-state index < -0.39 is 5.82 Å². The summed E-state index contributed by atoms with van der Waals surface area (Å²) in [5, 5.41) is 2.87. The van der Waals surface area contributed by atoms with E-state index in [2.05, 4.69) is 5.32 Å². The van der Waals surface area contributed by atoms with Gasteiger partial charge in [0, 0.05) is 11.4 Å². The van der Waals surface area contributed by atoms with Crippen molar-refractivity contribution in [1.82, 2.24) is 0 Å². The minimum atomic E-state index is -0.515. The molecule has 2 aromatic rings. The topological polar surface area (TPSA) is 47.6 Å². The molecule has 0 fully saturated rings. The van der Waals surface area contributed by atoms with Crippen LogP contribution in [0.25, 0.3) is 0 Å². The van der Waals surface area contributed by atoms with Crippen molar-refractivity contribution >= 4 is 23.2 Å². The Balaban J connectivity index is 1.71. The Hall–Kier alpha value is -2.27. The molecule has 0 saturated heterocycles. The van der Waals surface area contributed by atoms with Crippen LogP contribution in [0.3, 0.4) is 0 Å². The summed E-state index contributed by atoms with van der Waals surface area (Å²) >= 11 is 5.78. The first-order valence-electron chi connectivity index (χ1n) is 7.69. The Morgan fingerprint density at radius 2 is 1.79 bits per heavy atom. The van der Waals surface area contributed by atoms with Gasteiger partial charge < -0.3 is 14.8 Å². The highest BCUT2D eigenvalue weighted by molar-refractivity contribution is 6.30. The second-order valence-corrected chi connectivity index (χ2v) is 5.47. The summed E-state index contributed by atoms with van der Waals surface area (Å²) < 4.78 is 24.4. The minimum absolute atomic E-state index is 0.0833. The van der Waals surface area contributed by atoms with Crippen molar-refractivity contribution in [1.29, 1.82) is 0 Å². The number of amides is 1. The van der Waals surface area contributed by atoms with Crippen LogP contribution in [-0.2, 0) is 4.79 Å². The number of ether oxygens (including phenoxy) is 2. The van der Waals surface area contributed by atoms with Gasteiger partial charge in [-0.15, -0.1) is 0 Å². The quantitative estimate of drug-likeness (QED) is 0.703. The standard InChI is InChI=1S/C18H19ClFNO3/c1-2-23-14-6-8-15(9-7-14)24-11-3-4-18(22)21-17-12-13(19)5-10-16(17)20/h5-10,12H,2-4,11H2,1H3,(H,21,22). The fraction of sp³-hybridized carbons (Fsp3) is 0.278. The van der Waals surface area contributed by atoms with Crippen molar-refractivity contribution in [2.75, 3.05) is 18.5 Å². The lowest BCUT2D eigenvalue weighted by Crippen LogP contribution is -2.13. The van der Waals surface area contributed by atoms with Gasteiger partial charge in [-0.2, -0.15) is 0 Å². The molecule has 4 nitrogen and oxygen atoms in total. The lowest BCUT2D eigenvalue weighted by atomic mass is 10.2. The summed E-state index contributed by atoms with van der Waals surface area (Å²) in [6, 6.07) is 11.3. The van der Waals surface area contributed by atoms with Crippen LogP contribution in [-0.4, -0.2) is 19.1 Å². The van der Waals surface area contributed by atoms with E-state index >= 15 is 0 Å². The molecule has 6 heteroatoms. The van der Waals surface area contributed by atoms with Crippen LogP contribution in [0, 0.1) is 5.82 Å². The molecule has 0 radical (unpaired) electrons. The number of halogens is 2. The molecule has 0 atom stereocenters. The second-order valence-electron chi connectivity index (χ2n) is 5.03. The van der Waals surface area contributed by atoms with Crippen molar-refractivity contribution in [3.8, 4) is 11.5 Å². The van der Waals surface area contributed by atoms with Crippen molar-refractivity contribution in [2.24, 2.45) is 0 Å². The van der Waals surface area contributed by atoms with E-state index in [9.17, 15) is 9.18 Å². The summed E-state index contributed by atoms with van der Waals surface area (Å²) in [7, 11) is 0. The van der Waals surface area contributed by atoms with E-state index in [0.29, 0.717) is 30.4 Å². The van der Waals surface area contributed by atoms with Crippen molar-refractivity contribution in [3.05, 3.63) is 53.3 Å². The molecule has 0 heterocycles. The maximum Gasteiger partial charge on any atom is 0.224 e. The molecule has 0 bridgehead atoms. The molecule has 0 aliphatic carbocycles. The summed E-state index contributed by atoms with van der Waals surface area (Å²) in [6.07, 6.45) is 0.740. The van der Waals surface area contributed by atoms with Gasteiger partial charge in [-0.1, -0.05) is 11.6 Å². The van der Waals surface area contributed by atoms with Gasteiger partial charge in [0.1, 0.15) is 17.3 Å². The summed E-state index contributed by atoms with van der Waals surface area (Å²) in [4.78, 5) is 11.8. The highest BCUT2D eigenvalue weighted by Crippen LogP contribution is 2.20. The van der Waals surface area contributed by atoms with Crippen LogP contribution in [0.15, 0.2) is 42.5 Å². The predicted octanol–water partition coefficient (Wildman–Crippen LogP) is 4.68. The van der Waals surface area contributed by atoms with E-state index in [4.69, 9.17) is 21.1 Å². The summed E-state index contributed by atoms with van der Waals surface area (Å²) in [6.45, 7) is 2.92. The van der Waals surface area contributed by atoms with Gasteiger partial charge in [0.05, 0.1) is 18.9 Å². The first kappa shape index (κ1) is 18.1. The third-order valence-corrected chi connectivity index (χ3v) is 3.39. The van der Waals surface area contributed by atoms with Crippen molar-refractivity contribution in [3.63, 3.8) is 0 Å². The van der Waals surface area contributed by atoms with Gasteiger partial charge in [0.15, 0.2) is 0 Å². The molecule has 128 valence electrons. The summed E-state index contributed by atoms with van der Waals surface area (Å²) in [5.74, 6) is 0.692. The largest absolute Gasteiger partial charge is 0.494 e. The van der Waals surface area contributed by atoms with Crippen LogP contribution in [0.2, 0.25) is 5.02 Å². The molecular weight excluding hydrogens is 333 g/mol. The molecule has 1 amide bonds. The Bertz CT molecular complexity index is 676. The molecule has 0 saturated carbocycles. The third-order valence-electron chi connectivity index (χ3n) is 3.15. The molecule has 24 heavy (non-hydrogen) atoms. The molecule has 2 rings (SSSR count).